The summed E-state index contributed by atoms with van der Waals surface area (Å²) in [6, 6.07) is 7.70. The van der Waals surface area contributed by atoms with E-state index in [1.165, 1.54) is 11.2 Å². The van der Waals surface area contributed by atoms with Crippen molar-refractivity contribution >= 4 is 40.6 Å². The number of hydrogen-bond acceptors (Lipinski definition) is 6. The zero-order valence-electron chi connectivity index (χ0n) is 16.4. The van der Waals surface area contributed by atoms with Gasteiger partial charge in [-0.25, -0.2) is 0 Å². The van der Waals surface area contributed by atoms with Crippen LogP contribution in [0.1, 0.15) is 53.5 Å². The van der Waals surface area contributed by atoms with Crippen molar-refractivity contribution in [3.05, 3.63) is 64.0 Å². The fourth-order valence-corrected chi connectivity index (χ4v) is 4.36. The van der Waals surface area contributed by atoms with Crippen LogP contribution < -0.4 is 10.2 Å². The number of benzene rings is 1. The van der Waals surface area contributed by atoms with E-state index in [1.54, 1.807) is 29.6 Å². The first-order valence-electron chi connectivity index (χ1n) is 9.75. The van der Waals surface area contributed by atoms with Crippen LogP contribution in [0.3, 0.4) is 0 Å². The lowest BCUT2D eigenvalue weighted by Gasteiger charge is -2.31. The molecule has 156 valence electrons. The van der Waals surface area contributed by atoms with Crippen molar-refractivity contribution in [2.24, 2.45) is 0 Å². The fourth-order valence-electron chi connectivity index (χ4n) is 3.76. The molecule has 30 heavy (non-hydrogen) atoms. The standard InChI is InChI=1S/C21H21ClN4O3S/c1-13-8-9-14(22)11-17(13)26(21(28)16-12-30-25-24-16)19(18-7-4-10-29-18)20(27)23-15-5-2-3-6-15/h4,7-12,15,19H,2-3,5-6H2,1H3,(H,23,27)/t19-/m0/s1. The van der Waals surface area contributed by atoms with Crippen LogP contribution in [-0.4, -0.2) is 27.4 Å². The summed E-state index contributed by atoms with van der Waals surface area (Å²) in [5.41, 5.74) is 1.47. The number of hydrogen-bond donors (Lipinski definition) is 1. The molecule has 1 aliphatic rings. The zero-order valence-corrected chi connectivity index (χ0v) is 17.9. The molecule has 0 radical (unpaired) electrons. The third-order valence-electron chi connectivity index (χ3n) is 5.25. The molecule has 1 N–H and O–H groups in total. The highest BCUT2D eigenvalue weighted by molar-refractivity contribution is 7.03. The quantitative estimate of drug-likeness (QED) is 0.603. The van der Waals surface area contributed by atoms with Gasteiger partial charge in [0.25, 0.3) is 11.8 Å². The third kappa shape index (κ3) is 4.24. The molecular weight excluding hydrogens is 424 g/mol. The van der Waals surface area contributed by atoms with Crippen molar-refractivity contribution in [1.29, 1.82) is 0 Å². The van der Waals surface area contributed by atoms with Crippen LogP contribution in [0.15, 0.2) is 46.4 Å². The number of aromatic nitrogens is 2. The van der Waals surface area contributed by atoms with Crippen molar-refractivity contribution in [2.45, 2.75) is 44.7 Å². The van der Waals surface area contributed by atoms with Gasteiger partial charge in [0.05, 0.1) is 6.26 Å². The van der Waals surface area contributed by atoms with Crippen molar-refractivity contribution in [3.63, 3.8) is 0 Å². The minimum absolute atomic E-state index is 0.0910. The molecule has 7 nitrogen and oxygen atoms in total. The summed E-state index contributed by atoms with van der Waals surface area (Å²) >= 11 is 7.32. The van der Waals surface area contributed by atoms with E-state index < -0.39 is 11.9 Å². The first-order chi connectivity index (χ1) is 14.5. The van der Waals surface area contributed by atoms with E-state index in [2.05, 4.69) is 14.9 Å². The van der Waals surface area contributed by atoms with E-state index in [0.717, 1.165) is 42.8 Å². The van der Waals surface area contributed by atoms with Crippen LogP contribution in [0.25, 0.3) is 0 Å². The minimum atomic E-state index is -1.01. The molecule has 0 aliphatic heterocycles. The Balaban J connectivity index is 1.81. The predicted octanol–water partition coefficient (Wildman–Crippen LogP) is 4.54. The van der Waals surface area contributed by atoms with Gasteiger partial charge < -0.3 is 9.73 Å². The van der Waals surface area contributed by atoms with E-state index in [4.69, 9.17) is 16.0 Å². The Bertz CT molecular complexity index is 1020. The van der Waals surface area contributed by atoms with Crippen LogP contribution in [0.2, 0.25) is 5.02 Å². The van der Waals surface area contributed by atoms with Crippen molar-refractivity contribution in [1.82, 2.24) is 14.9 Å². The van der Waals surface area contributed by atoms with Gasteiger partial charge in [0, 0.05) is 22.1 Å². The van der Waals surface area contributed by atoms with Gasteiger partial charge in [0.1, 0.15) is 5.76 Å². The molecule has 1 aliphatic carbocycles. The molecule has 1 atom stereocenters. The van der Waals surface area contributed by atoms with E-state index in [-0.39, 0.29) is 17.6 Å². The molecule has 2 amide bonds. The second-order valence-electron chi connectivity index (χ2n) is 7.30. The van der Waals surface area contributed by atoms with Gasteiger partial charge in [-0.3, -0.25) is 14.5 Å². The molecule has 9 heteroatoms. The predicted molar refractivity (Wildman–Crippen MR) is 115 cm³/mol. The number of amides is 2. The maximum Gasteiger partial charge on any atom is 0.280 e. The number of carbonyl (C=O) groups is 2. The SMILES string of the molecule is Cc1ccc(Cl)cc1N(C(=O)c1csnn1)[C@H](C(=O)NC1CCCC1)c1ccco1. The fraction of sp³-hybridized carbons (Fsp3) is 0.333. The summed E-state index contributed by atoms with van der Waals surface area (Å²) in [5.74, 6) is -0.383. The summed E-state index contributed by atoms with van der Waals surface area (Å²) in [4.78, 5) is 28.4. The van der Waals surface area contributed by atoms with Gasteiger partial charge in [-0.1, -0.05) is 35.0 Å². The molecular formula is C21H21ClN4O3S. The highest BCUT2D eigenvalue weighted by Crippen LogP contribution is 2.34. The topological polar surface area (TPSA) is 88.3 Å². The zero-order chi connectivity index (χ0) is 21.1. The van der Waals surface area contributed by atoms with Gasteiger partial charge in [0.2, 0.25) is 0 Å². The number of carbonyl (C=O) groups excluding carboxylic acids is 2. The van der Waals surface area contributed by atoms with Gasteiger partial charge >= 0.3 is 0 Å². The van der Waals surface area contributed by atoms with E-state index >= 15 is 0 Å². The number of nitrogens with zero attached hydrogens (tertiary/aromatic N) is 3. The summed E-state index contributed by atoms with van der Waals surface area (Å²) in [5, 5.41) is 9.03. The number of nitrogens with one attached hydrogen (secondary N) is 1. The van der Waals surface area contributed by atoms with E-state index in [0.29, 0.717) is 16.5 Å². The Labute approximate surface area is 183 Å². The molecule has 2 aromatic heterocycles. The molecule has 0 unspecified atom stereocenters. The molecule has 1 fully saturated rings. The summed E-state index contributed by atoms with van der Waals surface area (Å²) in [7, 11) is 0. The Morgan fingerprint density at radius 3 is 2.77 bits per heavy atom. The second kappa shape index (κ2) is 8.97. The number of rotatable bonds is 6. The number of anilines is 1. The Morgan fingerprint density at radius 1 is 1.30 bits per heavy atom. The monoisotopic (exact) mass is 444 g/mol. The molecule has 0 spiro atoms. The van der Waals surface area contributed by atoms with Crippen LogP contribution in [0.4, 0.5) is 5.69 Å². The van der Waals surface area contributed by atoms with Crippen molar-refractivity contribution in [3.8, 4) is 0 Å². The first-order valence-corrected chi connectivity index (χ1v) is 11.0. The van der Waals surface area contributed by atoms with E-state index in [9.17, 15) is 9.59 Å². The second-order valence-corrected chi connectivity index (χ2v) is 8.35. The Morgan fingerprint density at radius 2 is 2.10 bits per heavy atom. The van der Waals surface area contributed by atoms with E-state index in [1.807, 2.05) is 13.0 Å². The molecule has 1 saturated carbocycles. The van der Waals surface area contributed by atoms with Gasteiger partial charge in [0.15, 0.2) is 11.7 Å². The summed E-state index contributed by atoms with van der Waals surface area (Å²) < 4.78 is 9.40. The largest absolute Gasteiger partial charge is 0.467 e. The minimum Gasteiger partial charge on any atom is -0.467 e. The molecule has 4 rings (SSSR count). The van der Waals surface area contributed by atoms with Crippen LogP contribution in [-0.2, 0) is 4.79 Å². The summed E-state index contributed by atoms with van der Waals surface area (Å²) in [6.45, 7) is 1.86. The Kier molecular flexibility index (Phi) is 6.15. The molecule has 1 aromatic carbocycles. The maximum absolute atomic E-state index is 13.5. The lowest BCUT2D eigenvalue weighted by atomic mass is 10.1. The highest BCUT2D eigenvalue weighted by Gasteiger charge is 2.38. The Hall–Kier alpha value is -2.71. The average molecular weight is 445 g/mol. The first kappa shape index (κ1) is 20.6. The molecule has 0 bridgehead atoms. The molecule has 0 saturated heterocycles. The highest BCUT2D eigenvalue weighted by atomic mass is 35.5. The summed E-state index contributed by atoms with van der Waals surface area (Å²) in [6.07, 6.45) is 5.50. The number of aryl methyl sites for hydroxylation is 1. The lowest BCUT2D eigenvalue weighted by molar-refractivity contribution is -0.123. The smallest absolute Gasteiger partial charge is 0.280 e. The number of halogens is 1. The molecule has 3 aromatic rings. The van der Waals surface area contributed by atoms with Gasteiger partial charge in [-0.05, 0) is 61.1 Å². The van der Waals surface area contributed by atoms with Crippen LogP contribution >= 0.6 is 23.1 Å². The van der Waals surface area contributed by atoms with Crippen molar-refractivity contribution in [2.75, 3.05) is 4.90 Å². The van der Waals surface area contributed by atoms with Crippen LogP contribution in [0.5, 0.6) is 0 Å². The average Bonchev–Trinajstić information content (AvgIpc) is 3.50. The third-order valence-corrected chi connectivity index (χ3v) is 5.99. The normalized spacial score (nSPS) is 15.1. The number of furan rings is 1. The van der Waals surface area contributed by atoms with Gasteiger partial charge in [-0.15, -0.1) is 5.10 Å². The van der Waals surface area contributed by atoms with Gasteiger partial charge in [-0.2, -0.15) is 0 Å². The van der Waals surface area contributed by atoms with Crippen LogP contribution in [0, 0.1) is 6.92 Å². The molecule has 2 heterocycles. The lowest BCUT2D eigenvalue weighted by Crippen LogP contribution is -2.46. The maximum atomic E-state index is 13.5. The van der Waals surface area contributed by atoms with Crippen molar-refractivity contribution < 1.29 is 14.0 Å².